The van der Waals surface area contributed by atoms with E-state index in [-0.39, 0.29) is 28.3 Å². The predicted molar refractivity (Wildman–Crippen MR) is 118 cm³/mol. The number of alkyl halides is 3. The van der Waals surface area contributed by atoms with Crippen LogP contribution in [0.15, 0.2) is 23.1 Å². The number of nitrogens with zero attached hydrogens (tertiary/aromatic N) is 6. The Bertz CT molecular complexity index is 1240. The van der Waals surface area contributed by atoms with Gasteiger partial charge in [-0.25, -0.2) is 0 Å². The second kappa shape index (κ2) is 8.89. The number of rotatable bonds is 7. The number of aryl methyl sites for hydroxylation is 2. The number of carbonyl (C=O) groups excluding carboxylic acids is 2. The molecule has 3 aromatic rings. The third-order valence-electron chi connectivity index (χ3n) is 5.49. The number of hydrogen-bond acceptors (Lipinski definition) is 5. The zero-order chi connectivity index (χ0) is 24.8. The van der Waals surface area contributed by atoms with Crippen LogP contribution in [0.2, 0.25) is 0 Å². The van der Waals surface area contributed by atoms with Crippen molar-refractivity contribution >= 4 is 33.4 Å². The van der Waals surface area contributed by atoms with Crippen molar-refractivity contribution < 1.29 is 22.8 Å². The van der Waals surface area contributed by atoms with Crippen LogP contribution in [-0.4, -0.2) is 41.2 Å². The molecule has 182 valence electrons. The second-order valence-corrected chi connectivity index (χ2v) is 8.96. The van der Waals surface area contributed by atoms with Crippen LogP contribution in [0.4, 0.5) is 18.9 Å². The van der Waals surface area contributed by atoms with E-state index in [1.807, 2.05) is 0 Å². The van der Waals surface area contributed by atoms with Gasteiger partial charge in [0.05, 0.1) is 28.2 Å². The Morgan fingerprint density at radius 2 is 1.94 bits per heavy atom. The van der Waals surface area contributed by atoms with Gasteiger partial charge < -0.3 is 10.6 Å². The highest BCUT2D eigenvalue weighted by Crippen LogP contribution is 2.47. The maximum absolute atomic E-state index is 13.4. The fourth-order valence-corrected chi connectivity index (χ4v) is 4.41. The molecule has 0 aliphatic heterocycles. The van der Waals surface area contributed by atoms with Gasteiger partial charge in [0, 0.05) is 38.3 Å². The summed E-state index contributed by atoms with van der Waals surface area (Å²) in [5.74, 6) is -1.20. The average molecular weight is 543 g/mol. The largest absolute Gasteiger partial charge is 0.436 e. The molecule has 0 bridgehead atoms. The van der Waals surface area contributed by atoms with E-state index in [9.17, 15) is 22.8 Å². The molecule has 1 unspecified atom stereocenters. The lowest BCUT2D eigenvalue weighted by Crippen LogP contribution is -2.29. The summed E-state index contributed by atoms with van der Waals surface area (Å²) in [5.41, 5.74) is 0.304. The Morgan fingerprint density at radius 3 is 2.53 bits per heavy atom. The summed E-state index contributed by atoms with van der Waals surface area (Å²) >= 11 is 3.03. The highest BCUT2D eigenvalue weighted by Gasteiger charge is 2.43. The zero-order valence-corrected chi connectivity index (χ0v) is 20.1. The first-order chi connectivity index (χ1) is 16.0. The van der Waals surface area contributed by atoms with E-state index in [0.29, 0.717) is 5.69 Å². The smallest absolute Gasteiger partial charge is 0.346 e. The van der Waals surface area contributed by atoms with E-state index >= 15 is 0 Å². The van der Waals surface area contributed by atoms with Crippen LogP contribution in [0, 0.1) is 0 Å². The molecule has 34 heavy (non-hydrogen) atoms. The molecule has 2 N–H and O–H groups in total. The molecule has 1 aliphatic carbocycles. The van der Waals surface area contributed by atoms with E-state index in [4.69, 9.17) is 0 Å². The van der Waals surface area contributed by atoms with Crippen molar-refractivity contribution in [2.24, 2.45) is 14.1 Å². The van der Waals surface area contributed by atoms with E-state index in [1.165, 1.54) is 17.8 Å². The molecule has 2 amide bonds. The first-order valence-electron chi connectivity index (χ1n) is 10.4. The standard InChI is InChI=1S/C20H22BrF3N8O2/c1-10(32-15(12-4-5-12)14(21)17(29-32)20(22,23)24)18(33)28-13-8-27-31(3)16(13)19(34)25-6-11-7-26-30(2)9-11/h7-10,12H,4-6H2,1-3H3,(H,25,34)(H,28,33). The number of aromatic nitrogens is 6. The van der Waals surface area contributed by atoms with Crippen molar-refractivity contribution in [3.63, 3.8) is 0 Å². The summed E-state index contributed by atoms with van der Waals surface area (Å²) < 4.78 is 44.1. The highest BCUT2D eigenvalue weighted by atomic mass is 79.9. The van der Waals surface area contributed by atoms with Crippen LogP contribution in [0.3, 0.4) is 0 Å². The first-order valence-corrected chi connectivity index (χ1v) is 11.2. The molecule has 1 aliphatic rings. The minimum absolute atomic E-state index is 0.0968. The summed E-state index contributed by atoms with van der Waals surface area (Å²) in [6.07, 6.45) is 1.46. The lowest BCUT2D eigenvalue weighted by Gasteiger charge is -2.16. The topological polar surface area (TPSA) is 112 Å². The lowest BCUT2D eigenvalue weighted by molar-refractivity contribution is -0.142. The van der Waals surface area contributed by atoms with Crippen molar-refractivity contribution in [2.45, 2.75) is 44.4 Å². The fourth-order valence-electron chi connectivity index (χ4n) is 3.60. The van der Waals surface area contributed by atoms with Crippen LogP contribution in [0.5, 0.6) is 0 Å². The molecule has 4 rings (SSSR count). The van der Waals surface area contributed by atoms with Gasteiger partial charge in [-0.3, -0.25) is 23.6 Å². The fraction of sp³-hybridized carbons (Fsp3) is 0.450. The summed E-state index contributed by atoms with van der Waals surface area (Å²) in [5, 5.41) is 17.1. The van der Waals surface area contributed by atoms with Crippen LogP contribution in [-0.2, 0) is 31.6 Å². The van der Waals surface area contributed by atoms with E-state index < -0.39 is 29.7 Å². The van der Waals surface area contributed by atoms with Crippen molar-refractivity contribution in [1.82, 2.24) is 34.7 Å². The highest BCUT2D eigenvalue weighted by molar-refractivity contribution is 9.10. The average Bonchev–Trinajstić information content (AvgIpc) is 3.25. The maximum atomic E-state index is 13.4. The van der Waals surface area contributed by atoms with Crippen molar-refractivity contribution in [1.29, 1.82) is 0 Å². The van der Waals surface area contributed by atoms with E-state index in [1.54, 1.807) is 31.2 Å². The van der Waals surface area contributed by atoms with Gasteiger partial charge in [-0.15, -0.1) is 0 Å². The molecule has 3 aromatic heterocycles. The van der Waals surface area contributed by atoms with Gasteiger partial charge in [0.1, 0.15) is 11.7 Å². The lowest BCUT2D eigenvalue weighted by atomic mass is 10.2. The van der Waals surface area contributed by atoms with E-state index in [2.05, 4.69) is 41.9 Å². The normalized spacial score (nSPS) is 14.8. The van der Waals surface area contributed by atoms with Gasteiger partial charge in [-0.05, 0) is 35.7 Å². The molecule has 0 radical (unpaired) electrons. The van der Waals surface area contributed by atoms with Crippen LogP contribution in [0.1, 0.15) is 59.2 Å². The first kappa shape index (κ1) is 24.0. The van der Waals surface area contributed by atoms with Crippen LogP contribution in [0.25, 0.3) is 0 Å². The molecule has 14 heteroatoms. The molecule has 1 atom stereocenters. The molecular weight excluding hydrogens is 521 g/mol. The van der Waals surface area contributed by atoms with Gasteiger partial charge in [-0.2, -0.15) is 28.5 Å². The third-order valence-corrected chi connectivity index (χ3v) is 6.27. The second-order valence-electron chi connectivity index (χ2n) is 8.17. The summed E-state index contributed by atoms with van der Waals surface area (Å²) in [4.78, 5) is 25.8. The molecule has 3 heterocycles. The Labute approximate surface area is 200 Å². The summed E-state index contributed by atoms with van der Waals surface area (Å²) in [6, 6.07) is -1.06. The Kier molecular flexibility index (Phi) is 6.27. The molecular formula is C20H22BrF3N8O2. The zero-order valence-electron chi connectivity index (χ0n) is 18.5. The quantitative estimate of drug-likeness (QED) is 0.476. The van der Waals surface area contributed by atoms with Crippen molar-refractivity contribution in [3.8, 4) is 0 Å². The molecule has 0 saturated heterocycles. The minimum atomic E-state index is -4.66. The number of carbonyl (C=O) groups is 2. The van der Waals surface area contributed by atoms with E-state index in [0.717, 1.165) is 23.1 Å². The molecule has 0 spiro atoms. The number of amides is 2. The Hall–Kier alpha value is -3.16. The Balaban J connectivity index is 1.53. The molecule has 1 fully saturated rings. The van der Waals surface area contributed by atoms with Crippen LogP contribution < -0.4 is 10.6 Å². The van der Waals surface area contributed by atoms with Gasteiger partial charge in [0.25, 0.3) is 5.91 Å². The summed E-state index contributed by atoms with van der Waals surface area (Å²) in [6.45, 7) is 1.67. The minimum Gasteiger partial charge on any atom is -0.346 e. The number of halogens is 4. The number of nitrogens with one attached hydrogen (secondary N) is 2. The predicted octanol–water partition coefficient (Wildman–Crippen LogP) is 3.14. The van der Waals surface area contributed by atoms with Gasteiger partial charge in [0.15, 0.2) is 5.69 Å². The Morgan fingerprint density at radius 1 is 1.24 bits per heavy atom. The van der Waals surface area contributed by atoms with Gasteiger partial charge >= 0.3 is 6.18 Å². The third kappa shape index (κ3) is 4.72. The van der Waals surface area contributed by atoms with Crippen molar-refractivity contribution in [2.75, 3.05) is 5.32 Å². The monoisotopic (exact) mass is 542 g/mol. The molecule has 1 saturated carbocycles. The molecule has 0 aromatic carbocycles. The summed E-state index contributed by atoms with van der Waals surface area (Å²) in [7, 11) is 3.30. The molecule has 10 nitrogen and oxygen atoms in total. The van der Waals surface area contributed by atoms with Crippen LogP contribution >= 0.6 is 15.9 Å². The maximum Gasteiger partial charge on any atom is 0.436 e. The SMILES string of the molecule is CC(C(=O)Nc1cnn(C)c1C(=O)NCc1cnn(C)c1)n1nc(C(F)(F)F)c(Br)c1C1CC1. The van der Waals surface area contributed by atoms with Gasteiger partial charge in [-0.1, -0.05) is 0 Å². The van der Waals surface area contributed by atoms with Gasteiger partial charge in [0.2, 0.25) is 5.91 Å². The number of hydrogen-bond donors (Lipinski definition) is 2. The van der Waals surface area contributed by atoms with Crippen molar-refractivity contribution in [3.05, 3.63) is 45.7 Å². The number of anilines is 1.